The van der Waals surface area contributed by atoms with Crippen LogP contribution in [0.1, 0.15) is 5.56 Å². The van der Waals surface area contributed by atoms with Gasteiger partial charge in [-0.2, -0.15) is 0 Å². The highest BCUT2D eigenvalue weighted by atomic mass is 79.9. The first-order valence-corrected chi connectivity index (χ1v) is 7.83. The van der Waals surface area contributed by atoms with Gasteiger partial charge in [0.05, 0.1) is 15.9 Å². The van der Waals surface area contributed by atoms with Gasteiger partial charge in [0.2, 0.25) is 9.84 Å². The second kappa shape index (κ2) is 5.45. The molecule has 0 aliphatic heterocycles. The van der Waals surface area contributed by atoms with Crippen LogP contribution in [0.3, 0.4) is 0 Å². The molecule has 0 atom stereocenters. The van der Waals surface area contributed by atoms with Crippen LogP contribution in [0.2, 0.25) is 0 Å². The van der Waals surface area contributed by atoms with Crippen LogP contribution in [0.5, 0.6) is 0 Å². The fraction of sp³-hybridized carbons (Fsp3) is 0.0833. The topological polar surface area (TPSA) is 73.0 Å². The summed E-state index contributed by atoms with van der Waals surface area (Å²) in [6, 6.07) is 4.97. The predicted molar refractivity (Wildman–Crippen MR) is 73.6 cm³/mol. The number of hydrogen-bond donors (Lipinski definition) is 1. The van der Waals surface area contributed by atoms with Gasteiger partial charge in [0.25, 0.3) is 0 Å². The summed E-state index contributed by atoms with van der Waals surface area (Å²) < 4.78 is 51.7. The first-order chi connectivity index (χ1) is 9.33. The van der Waals surface area contributed by atoms with Crippen LogP contribution in [0.25, 0.3) is 0 Å². The van der Waals surface area contributed by atoms with Crippen LogP contribution in [-0.4, -0.2) is 13.4 Å². The zero-order valence-electron chi connectivity index (χ0n) is 9.98. The van der Waals surface area contributed by atoms with Gasteiger partial charge in [-0.1, -0.05) is 0 Å². The fourth-order valence-electron chi connectivity index (χ4n) is 1.62. The molecule has 0 spiro atoms. The molecule has 20 heavy (non-hydrogen) atoms. The molecule has 0 saturated carbocycles. The van der Waals surface area contributed by atoms with Crippen LogP contribution in [0.15, 0.2) is 40.0 Å². The van der Waals surface area contributed by atoms with Gasteiger partial charge in [0, 0.05) is 11.8 Å². The lowest BCUT2D eigenvalue weighted by atomic mass is 10.2. The zero-order chi connectivity index (χ0) is 14.9. The SMILES string of the molecule is Nc1cccnc1S(=O)(=O)Cc1c(F)ccc(Br)c1F. The Kier molecular flexibility index (Phi) is 4.05. The predicted octanol–water partition coefficient (Wildman–Crippen LogP) is 2.68. The van der Waals surface area contributed by atoms with E-state index in [-0.39, 0.29) is 10.2 Å². The molecule has 1 aromatic carbocycles. The van der Waals surface area contributed by atoms with Gasteiger partial charge in [0.15, 0.2) is 5.03 Å². The number of rotatable bonds is 3. The zero-order valence-corrected chi connectivity index (χ0v) is 12.4. The van der Waals surface area contributed by atoms with Gasteiger partial charge < -0.3 is 5.73 Å². The molecule has 0 unspecified atom stereocenters. The maximum atomic E-state index is 13.8. The molecule has 106 valence electrons. The van der Waals surface area contributed by atoms with E-state index < -0.39 is 37.8 Å². The minimum absolute atomic E-state index is 0.0157. The van der Waals surface area contributed by atoms with E-state index in [2.05, 4.69) is 20.9 Å². The van der Waals surface area contributed by atoms with Crippen molar-refractivity contribution >= 4 is 31.5 Å². The number of nitrogens with two attached hydrogens (primary N) is 1. The van der Waals surface area contributed by atoms with E-state index in [0.717, 1.165) is 12.1 Å². The number of nitrogen functional groups attached to an aromatic ring is 1. The third-order valence-electron chi connectivity index (χ3n) is 2.57. The summed E-state index contributed by atoms with van der Waals surface area (Å²) in [6.07, 6.45) is 1.25. The number of aromatic nitrogens is 1. The van der Waals surface area contributed by atoms with Crippen molar-refractivity contribution in [2.45, 2.75) is 10.8 Å². The summed E-state index contributed by atoms with van der Waals surface area (Å²) in [5.41, 5.74) is 4.91. The monoisotopic (exact) mass is 362 g/mol. The highest BCUT2D eigenvalue weighted by Crippen LogP contribution is 2.26. The van der Waals surface area contributed by atoms with Crippen LogP contribution < -0.4 is 5.73 Å². The Morgan fingerprint density at radius 1 is 1.25 bits per heavy atom. The van der Waals surface area contributed by atoms with E-state index in [1.807, 2.05) is 0 Å². The van der Waals surface area contributed by atoms with E-state index >= 15 is 0 Å². The maximum absolute atomic E-state index is 13.8. The Bertz CT molecular complexity index is 766. The fourth-order valence-corrected chi connectivity index (χ4v) is 3.42. The van der Waals surface area contributed by atoms with Crippen LogP contribution in [0, 0.1) is 11.6 Å². The largest absolute Gasteiger partial charge is 0.396 e. The highest BCUT2D eigenvalue weighted by Gasteiger charge is 2.24. The average Bonchev–Trinajstić information content (AvgIpc) is 2.39. The van der Waals surface area contributed by atoms with Gasteiger partial charge >= 0.3 is 0 Å². The number of benzene rings is 1. The summed E-state index contributed by atoms with van der Waals surface area (Å²) in [5.74, 6) is -2.75. The molecule has 1 heterocycles. The molecule has 0 saturated heterocycles. The van der Waals surface area contributed by atoms with Crippen LogP contribution >= 0.6 is 15.9 Å². The smallest absolute Gasteiger partial charge is 0.202 e. The summed E-state index contributed by atoms with van der Waals surface area (Å²) in [6.45, 7) is 0. The van der Waals surface area contributed by atoms with Crippen molar-refractivity contribution in [3.63, 3.8) is 0 Å². The van der Waals surface area contributed by atoms with Gasteiger partial charge in [-0.3, -0.25) is 0 Å². The molecule has 0 bridgehead atoms. The number of pyridine rings is 1. The van der Waals surface area contributed by atoms with Crippen molar-refractivity contribution in [2.75, 3.05) is 5.73 Å². The number of hydrogen-bond acceptors (Lipinski definition) is 4. The van der Waals surface area contributed by atoms with Crippen molar-refractivity contribution in [3.8, 4) is 0 Å². The molecule has 0 radical (unpaired) electrons. The molecule has 4 nitrogen and oxygen atoms in total. The minimum atomic E-state index is -4.04. The van der Waals surface area contributed by atoms with Crippen molar-refractivity contribution in [3.05, 3.63) is 52.1 Å². The second-order valence-electron chi connectivity index (χ2n) is 3.98. The molecule has 0 amide bonds. The minimum Gasteiger partial charge on any atom is -0.396 e. The Labute approximate surface area is 122 Å². The molecule has 0 aliphatic rings. The molecule has 0 fully saturated rings. The average molecular weight is 363 g/mol. The molecule has 2 N–H and O–H groups in total. The van der Waals surface area contributed by atoms with E-state index in [9.17, 15) is 17.2 Å². The molecule has 8 heteroatoms. The van der Waals surface area contributed by atoms with Crippen molar-refractivity contribution in [1.29, 1.82) is 0 Å². The van der Waals surface area contributed by atoms with Gasteiger partial charge in [-0.25, -0.2) is 22.2 Å². The highest BCUT2D eigenvalue weighted by molar-refractivity contribution is 9.10. The normalized spacial score (nSPS) is 11.6. The Hall–Kier alpha value is -1.54. The van der Waals surface area contributed by atoms with Crippen molar-refractivity contribution < 1.29 is 17.2 Å². The summed E-state index contributed by atoms with van der Waals surface area (Å²) in [4.78, 5) is 3.66. The molecular weight excluding hydrogens is 354 g/mol. The summed E-state index contributed by atoms with van der Waals surface area (Å²) in [5, 5.41) is -0.390. The molecule has 2 rings (SSSR count). The van der Waals surface area contributed by atoms with E-state index in [4.69, 9.17) is 5.73 Å². The lowest BCUT2D eigenvalue weighted by Crippen LogP contribution is -2.12. The van der Waals surface area contributed by atoms with Gasteiger partial charge in [-0.15, -0.1) is 0 Å². The Morgan fingerprint density at radius 3 is 2.60 bits per heavy atom. The van der Waals surface area contributed by atoms with Crippen LogP contribution in [-0.2, 0) is 15.6 Å². The van der Waals surface area contributed by atoms with Gasteiger partial charge in [0.1, 0.15) is 11.6 Å². The van der Waals surface area contributed by atoms with Crippen molar-refractivity contribution in [1.82, 2.24) is 4.98 Å². The number of anilines is 1. The third kappa shape index (κ3) is 2.80. The number of sulfone groups is 1. The lowest BCUT2D eigenvalue weighted by molar-refractivity contribution is 0.551. The van der Waals surface area contributed by atoms with Crippen LogP contribution in [0.4, 0.5) is 14.5 Å². The summed E-state index contributed by atoms with van der Waals surface area (Å²) >= 11 is 2.88. The quantitative estimate of drug-likeness (QED) is 0.851. The number of nitrogens with zero attached hydrogens (tertiary/aromatic N) is 1. The molecule has 1 aromatic heterocycles. The van der Waals surface area contributed by atoms with E-state index in [1.54, 1.807) is 0 Å². The standard InChI is InChI=1S/C12H9BrF2N2O2S/c13-8-3-4-9(14)7(11(8)15)6-20(18,19)12-10(16)2-1-5-17-12/h1-5H,6,16H2. The lowest BCUT2D eigenvalue weighted by Gasteiger charge is -2.09. The van der Waals surface area contributed by atoms with E-state index in [1.165, 1.54) is 18.3 Å². The molecular formula is C12H9BrF2N2O2S. The Balaban J connectivity index is 2.50. The maximum Gasteiger partial charge on any atom is 0.202 e. The van der Waals surface area contributed by atoms with E-state index in [0.29, 0.717) is 0 Å². The first-order valence-electron chi connectivity index (χ1n) is 5.38. The molecule has 2 aromatic rings. The number of halogens is 3. The van der Waals surface area contributed by atoms with Gasteiger partial charge in [-0.05, 0) is 40.2 Å². The van der Waals surface area contributed by atoms with Crippen molar-refractivity contribution in [2.24, 2.45) is 0 Å². The molecule has 0 aliphatic carbocycles. The first kappa shape index (κ1) is 14.9. The third-order valence-corrected chi connectivity index (χ3v) is 4.78. The summed E-state index contributed by atoms with van der Waals surface area (Å²) in [7, 11) is -4.04. The Morgan fingerprint density at radius 2 is 1.95 bits per heavy atom. The second-order valence-corrected chi connectivity index (χ2v) is 6.74.